The molecule has 12 heavy (non-hydrogen) atoms. The molecule has 1 amide bonds. The quantitative estimate of drug-likeness (QED) is 0.760. The Bertz CT molecular complexity index is 150. The maximum absolute atomic E-state index is 11.1. The summed E-state index contributed by atoms with van der Waals surface area (Å²) in [5.74, 6) is 0.119. The molecule has 72 valence electrons. The van der Waals surface area contributed by atoms with Crippen molar-refractivity contribution in [2.45, 2.75) is 25.0 Å². The number of carbonyl (C=O) groups excluding carboxylic acids is 1. The Morgan fingerprint density at radius 2 is 2.17 bits per heavy atom. The van der Waals surface area contributed by atoms with Crippen LogP contribution in [0.25, 0.3) is 0 Å². The minimum Gasteiger partial charge on any atom is -0.355 e. The van der Waals surface area contributed by atoms with Crippen LogP contribution < -0.4 is 5.32 Å². The number of alkyl halides is 1. The second-order valence-corrected chi connectivity index (χ2v) is 5.49. The van der Waals surface area contributed by atoms with Gasteiger partial charge in [-0.2, -0.15) is 11.8 Å². The Balaban J connectivity index is 3.60. The Kier molecular flexibility index (Phi) is 6.01. The molecule has 0 rings (SSSR count). The Morgan fingerprint density at radius 3 is 2.58 bits per heavy atom. The van der Waals surface area contributed by atoms with E-state index in [0.717, 1.165) is 11.9 Å². The maximum atomic E-state index is 11.1. The van der Waals surface area contributed by atoms with E-state index in [-0.39, 0.29) is 10.7 Å². The molecule has 0 bridgehead atoms. The van der Waals surface area contributed by atoms with Crippen LogP contribution in [0.3, 0.4) is 0 Å². The lowest BCUT2D eigenvalue weighted by Crippen LogP contribution is -2.36. The lowest BCUT2D eigenvalue weighted by molar-refractivity contribution is -0.120. The largest absolute Gasteiger partial charge is 0.355 e. The number of rotatable bonds is 5. The third kappa shape index (κ3) is 5.89. The number of halogens is 1. The van der Waals surface area contributed by atoms with Crippen LogP contribution in [0, 0.1) is 0 Å². The van der Waals surface area contributed by atoms with E-state index in [9.17, 15) is 4.79 Å². The van der Waals surface area contributed by atoms with Gasteiger partial charge >= 0.3 is 0 Å². The molecule has 0 aromatic carbocycles. The highest BCUT2D eigenvalue weighted by Gasteiger charge is 2.16. The van der Waals surface area contributed by atoms with Gasteiger partial charge in [0.15, 0.2) is 0 Å². The molecule has 0 aliphatic heterocycles. The summed E-state index contributed by atoms with van der Waals surface area (Å²) in [5.41, 5.74) is 0. The van der Waals surface area contributed by atoms with Gasteiger partial charge in [-0.05, 0) is 20.1 Å². The molecule has 0 aliphatic carbocycles. The van der Waals surface area contributed by atoms with Gasteiger partial charge in [-0.25, -0.2) is 0 Å². The third-order valence-corrected chi connectivity index (χ3v) is 3.23. The number of carbonyl (C=O) groups is 1. The van der Waals surface area contributed by atoms with Crippen LogP contribution in [0.4, 0.5) is 0 Å². The highest BCUT2D eigenvalue weighted by molar-refractivity contribution is 9.09. The van der Waals surface area contributed by atoms with Crippen LogP contribution in [0.15, 0.2) is 0 Å². The molecule has 0 unspecified atom stereocenters. The molecule has 0 aromatic heterocycles. The smallest absolute Gasteiger partial charge is 0.220 e. The fourth-order valence-corrected chi connectivity index (χ4v) is 1.13. The van der Waals surface area contributed by atoms with Crippen molar-refractivity contribution in [2.75, 3.05) is 18.1 Å². The van der Waals surface area contributed by atoms with Gasteiger partial charge in [-0.1, -0.05) is 15.9 Å². The van der Waals surface area contributed by atoms with Crippen LogP contribution >= 0.6 is 27.7 Å². The maximum Gasteiger partial charge on any atom is 0.220 e. The highest BCUT2D eigenvalue weighted by Crippen LogP contribution is 2.19. The molecule has 0 atom stereocenters. The van der Waals surface area contributed by atoms with E-state index in [4.69, 9.17) is 0 Å². The van der Waals surface area contributed by atoms with E-state index >= 15 is 0 Å². The summed E-state index contributed by atoms with van der Waals surface area (Å²) >= 11 is 4.98. The first-order chi connectivity index (χ1) is 5.52. The summed E-state index contributed by atoms with van der Waals surface area (Å²) < 4.78 is 0.141. The fourth-order valence-electron chi connectivity index (χ4n) is 0.558. The molecular weight excluding hydrogens is 238 g/mol. The molecule has 0 aromatic rings. The van der Waals surface area contributed by atoms with Crippen molar-refractivity contribution < 1.29 is 4.79 Å². The van der Waals surface area contributed by atoms with E-state index in [0.29, 0.717) is 6.42 Å². The van der Waals surface area contributed by atoms with Gasteiger partial charge in [0.25, 0.3) is 0 Å². The van der Waals surface area contributed by atoms with Crippen LogP contribution in [0.1, 0.15) is 20.3 Å². The molecular formula is C8H16BrNOS. The Hall–Kier alpha value is 0.300. The summed E-state index contributed by atoms with van der Waals surface area (Å²) in [6.45, 7) is 4.97. The number of hydrogen-bond acceptors (Lipinski definition) is 2. The van der Waals surface area contributed by atoms with Crippen molar-refractivity contribution >= 4 is 33.6 Å². The average Bonchev–Trinajstić information content (AvgIpc) is 2.02. The van der Waals surface area contributed by atoms with Crippen LogP contribution in [-0.4, -0.2) is 28.8 Å². The lowest BCUT2D eigenvalue weighted by atomic mass is 10.2. The van der Waals surface area contributed by atoms with Crippen molar-refractivity contribution in [1.82, 2.24) is 5.32 Å². The van der Waals surface area contributed by atoms with Gasteiger partial charge in [0.05, 0.1) is 0 Å². The molecule has 1 N–H and O–H groups in total. The number of amides is 1. The predicted molar refractivity (Wildman–Crippen MR) is 59.0 cm³/mol. The summed E-state index contributed by atoms with van der Waals surface area (Å²) in [5, 5.41) is 3.62. The number of hydrogen-bond donors (Lipinski definition) is 1. The van der Waals surface area contributed by atoms with Gasteiger partial charge in [0.2, 0.25) is 5.91 Å². The Labute approximate surface area is 87.0 Å². The summed E-state index contributed by atoms with van der Waals surface area (Å²) in [6, 6.07) is 0. The molecule has 2 nitrogen and oxygen atoms in total. The van der Waals surface area contributed by atoms with Crippen LogP contribution in [0.5, 0.6) is 0 Å². The summed E-state index contributed by atoms with van der Waals surface area (Å²) in [7, 11) is 0. The van der Waals surface area contributed by atoms with Gasteiger partial charge in [-0.15, -0.1) is 0 Å². The van der Waals surface area contributed by atoms with Crippen LogP contribution in [0.2, 0.25) is 0 Å². The zero-order valence-corrected chi connectivity index (χ0v) is 10.2. The zero-order chi connectivity index (χ0) is 9.61. The number of thioether (sulfide) groups is 1. The van der Waals surface area contributed by atoms with Gasteiger partial charge in [0, 0.05) is 23.0 Å². The van der Waals surface area contributed by atoms with Crippen molar-refractivity contribution in [3.8, 4) is 0 Å². The standard InChI is InChI=1S/C8H16BrNOS/c1-8(2,12-3)6-10-7(11)4-5-9/h4-6H2,1-3H3,(H,10,11). The molecule has 0 saturated heterocycles. The molecule has 0 heterocycles. The van der Waals surface area contributed by atoms with Gasteiger partial charge in [0.1, 0.15) is 0 Å². The average molecular weight is 254 g/mol. The molecule has 4 heteroatoms. The monoisotopic (exact) mass is 253 g/mol. The first kappa shape index (κ1) is 12.3. The van der Waals surface area contributed by atoms with E-state index < -0.39 is 0 Å². The second kappa shape index (κ2) is 5.86. The van der Waals surface area contributed by atoms with E-state index in [2.05, 4.69) is 41.3 Å². The summed E-state index contributed by atoms with van der Waals surface area (Å²) in [6.07, 6.45) is 2.61. The van der Waals surface area contributed by atoms with Crippen molar-refractivity contribution in [3.05, 3.63) is 0 Å². The third-order valence-electron chi connectivity index (χ3n) is 1.59. The second-order valence-electron chi connectivity index (χ2n) is 3.18. The van der Waals surface area contributed by atoms with Gasteiger partial charge < -0.3 is 5.32 Å². The first-order valence-corrected chi connectivity index (χ1v) is 6.24. The highest BCUT2D eigenvalue weighted by atomic mass is 79.9. The lowest BCUT2D eigenvalue weighted by Gasteiger charge is -2.21. The SMILES string of the molecule is CSC(C)(C)CNC(=O)CCBr. The number of nitrogens with one attached hydrogen (secondary N) is 1. The Morgan fingerprint density at radius 1 is 1.58 bits per heavy atom. The topological polar surface area (TPSA) is 29.1 Å². The van der Waals surface area contributed by atoms with E-state index in [1.165, 1.54) is 0 Å². The minimum atomic E-state index is 0.119. The van der Waals surface area contributed by atoms with E-state index in [1.54, 1.807) is 11.8 Å². The zero-order valence-electron chi connectivity index (χ0n) is 7.82. The fraction of sp³-hybridized carbons (Fsp3) is 0.875. The van der Waals surface area contributed by atoms with Crippen molar-refractivity contribution in [1.29, 1.82) is 0 Å². The van der Waals surface area contributed by atoms with Gasteiger partial charge in [-0.3, -0.25) is 4.79 Å². The molecule has 0 aliphatic rings. The predicted octanol–water partition coefficient (Wildman–Crippen LogP) is 2.03. The van der Waals surface area contributed by atoms with Crippen molar-refractivity contribution in [2.24, 2.45) is 0 Å². The molecule has 0 saturated carbocycles. The first-order valence-electron chi connectivity index (χ1n) is 3.89. The van der Waals surface area contributed by atoms with Crippen LogP contribution in [-0.2, 0) is 4.79 Å². The molecule has 0 spiro atoms. The molecule has 0 fully saturated rings. The van der Waals surface area contributed by atoms with E-state index in [1.807, 2.05) is 0 Å². The normalized spacial score (nSPS) is 11.3. The molecule has 0 radical (unpaired) electrons. The minimum absolute atomic E-state index is 0.119. The van der Waals surface area contributed by atoms with Crippen molar-refractivity contribution in [3.63, 3.8) is 0 Å². The summed E-state index contributed by atoms with van der Waals surface area (Å²) in [4.78, 5) is 11.1.